The Morgan fingerprint density at radius 3 is 2.29 bits per heavy atom. The zero-order chi connectivity index (χ0) is 14.9. The summed E-state index contributed by atoms with van der Waals surface area (Å²) in [5, 5.41) is 9.26. The fourth-order valence-electron chi connectivity index (χ4n) is 2.05. The molecule has 0 aliphatic heterocycles. The van der Waals surface area contributed by atoms with Crippen LogP contribution in [0.15, 0.2) is 36.7 Å². The van der Waals surface area contributed by atoms with Crippen molar-refractivity contribution < 1.29 is 9.84 Å². The van der Waals surface area contributed by atoms with Gasteiger partial charge in [-0.25, -0.2) is 9.97 Å². The molecule has 1 aromatic carbocycles. The molecule has 0 unspecified atom stereocenters. The maximum absolute atomic E-state index is 9.26. The van der Waals surface area contributed by atoms with Gasteiger partial charge in [-0.3, -0.25) is 0 Å². The minimum Gasteiger partial charge on any atom is -0.508 e. The summed E-state index contributed by atoms with van der Waals surface area (Å²) in [6, 6.07) is 6.83. The van der Waals surface area contributed by atoms with Crippen molar-refractivity contribution in [3.05, 3.63) is 36.7 Å². The van der Waals surface area contributed by atoms with E-state index in [0.717, 1.165) is 12.0 Å². The Bertz CT molecular complexity index is 523. The minimum atomic E-state index is 0.238. The number of hydrogen-bond acceptors (Lipinski definition) is 4. The van der Waals surface area contributed by atoms with E-state index in [0.29, 0.717) is 18.2 Å². The molecule has 4 nitrogen and oxygen atoms in total. The van der Waals surface area contributed by atoms with Crippen molar-refractivity contribution >= 4 is 0 Å². The second-order valence-electron chi connectivity index (χ2n) is 5.05. The molecule has 0 fully saturated rings. The number of rotatable bonds is 8. The lowest BCUT2D eigenvalue weighted by Gasteiger charge is -2.06. The Hall–Kier alpha value is -2.10. The fraction of sp³-hybridized carbons (Fsp3) is 0.412. The van der Waals surface area contributed by atoms with Gasteiger partial charge in [0.15, 0.2) is 11.6 Å². The van der Waals surface area contributed by atoms with Crippen molar-refractivity contribution in [3.8, 4) is 22.9 Å². The zero-order valence-electron chi connectivity index (χ0n) is 12.5. The van der Waals surface area contributed by atoms with Gasteiger partial charge in [-0.2, -0.15) is 0 Å². The summed E-state index contributed by atoms with van der Waals surface area (Å²) in [5.41, 5.74) is 0.874. The van der Waals surface area contributed by atoms with Crippen LogP contribution in [0.5, 0.6) is 11.5 Å². The van der Waals surface area contributed by atoms with E-state index in [4.69, 9.17) is 4.74 Å². The van der Waals surface area contributed by atoms with Crippen molar-refractivity contribution in [2.24, 2.45) is 0 Å². The first-order chi connectivity index (χ1) is 10.3. The number of ether oxygens (including phenoxy) is 1. The summed E-state index contributed by atoms with van der Waals surface area (Å²) in [4.78, 5) is 8.58. The van der Waals surface area contributed by atoms with Crippen LogP contribution in [0.25, 0.3) is 11.4 Å². The predicted octanol–water partition coefficient (Wildman–Crippen LogP) is 4.20. The van der Waals surface area contributed by atoms with Crippen LogP contribution in [0.1, 0.15) is 39.0 Å². The maximum Gasteiger partial charge on any atom is 0.159 e. The van der Waals surface area contributed by atoms with Crippen LogP contribution in [-0.2, 0) is 0 Å². The van der Waals surface area contributed by atoms with Crippen LogP contribution in [0, 0.1) is 0 Å². The molecule has 0 bridgehead atoms. The summed E-state index contributed by atoms with van der Waals surface area (Å²) in [5.74, 6) is 1.57. The van der Waals surface area contributed by atoms with Gasteiger partial charge in [0.1, 0.15) is 5.75 Å². The Balaban J connectivity index is 1.80. The van der Waals surface area contributed by atoms with Crippen LogP contribution in [0.2, 0.25) is 0 Å². The van der Waals surface area contributed by atoms with Gasteiger partial charge in [0.25, 0.3) is 0 Å². The predicted molar refractivity (Wildman–Crippen MR) is 83.4 cm³/mol. The number of benzene rings is 1. The lowest BCUT2D eigenvalue weighted by atomic mass is 10.2. The van der Waals surface area contributed by atoms with Crippen LogP contribution >= 0.6 is 0 Å². The quantitative estimate of drug-likeness (QED) is 0.739. The van der Waals surface area contributed by atoms with Gasteiger partial charge in [0.05, 0.1) is 19.0 Å². The number of hydrogen-bond donors (Lipinski definition) is 1. The van der Waals surface area contributed by atoms with Crippen molar-refractivity contribution in [1.82, 2.24) is 9.97 Å². The molecule has 0 spiro atoms. The van der Waals surface area contributed by atoms with Crippen LogP contribution in [0.3, 0.4) is 0 Å². The number of aromatic nitrogens is 2. The van der Waals surface area contributed by atoms with Gasteiger partial charge in [0.2, 0.25) is 0 Å². The van der Waals surface area contributed by atoms with E-state index < -0.39 is 0 Å². The molecule has 112 valence electrons. The van der Waals surface area contributed by atoms with Crippen molar-refractivity contribution in [3.63, 3.8) is 0 Å². The van der Waals surface area contributed by atoms with E-state index in [1.165, 1.54) is 25.7 Å². The molecular weight excluding hydrogens is 264 g/mol. The van der Waals surface area contributed by atoms with E-state index in [1.807, 2.05) is 0 Å². The van der Waals surface area contributed by atoms with Gasteiger partial charge < -0.3 is 9.84 Å². The summed E-state index contributed by atoms with van der Waals surface area (Å²) in [7, 11) is 0. The first-order valence-electron chi connectivity index (χ1n) is 7.54. The smallest absolute Gasteiger partial charge is 0.159 e. The average Bonchev–Trinajstić information content (AvgIpc) is 2.52. The Kier molecular flexibility index (Phi) is 6.00. The highest BCUT2D eigenvalue weighted by molar-refractivity contribution is 5.55. The Morgan fingerprint density at radius 2 is 1.62 bits per heavy atom. The van der Waals surface area contributed by atoms with E-state index in [9.17, 15) is 5.11 Å². The number of phenols is 1. The number of nitrogens with zero attached hydrogens (tertiary/aromatic N) is 2. The lowest BCUT2D eigenvalue weighted by molar-refractivity contribution is 0.302. The van der Waals surface area contributed by atoms with Gasteiger partial charge >= 0.3 is 0 Å². The van der Waals surface area contributed by atoms with Crippen LogP contribution in [0.4, 0.5) is 0 Å². The SMILES string of the molecule is CCCCCCCOc1cnc(-c2ccc(O)cc2)nc1. The molecule has 1 heterocycles. The molecule has 0 saturated heterocycles. The number of unbranched alkanes of at least 4 members (excludes halogenated alkanes) is 4. The number of phenolic OH excluding ortho intramolecular Hbond substituents is 1. The van der Waals surface area contributed by atoms with Gasteiger partial charge in [-0.1, -0.05) is 32.6 Å². The molecule has 0 atom stereocenters. The van der Waals surface area contributed by atoms with Crippen molar-refractivity contribution in [2.45, 2.75) is 39.0 Å². The largest absolute Gasteiger partial charge is 0.508 e. The highest BCUT2D eigenvalue weighted by Gasteiger charge is 2.02. The highest BCUT2D eigenvalue weighted by Crippen LogP contribution is 2.19. The molecule has 2 rings (SSSR count). The standard InChI is InChI=1S/C17H22N2O2/c1-2-3-4-5-6-11-21-16-12-18-17(19-13-16)14-7-9-15(20)10-8-14/h7-10,12-13,20H,2-6,11H2,1H3. The zero-order valence-corrected chi connectivity index (χ0v) is 12.5. The molecule has 1 N–H and O–H groups in total. The van der Waals surface area contributed by atoms with Gasteiger partial charge in [-0.05, 0) is 30.7 Å². The molecule has 4 heteroatoms. The van der Waals surface area contributed by atoms with Crippen LogP contribution < -0.4 is 4.74 Å². The third kappa shape index (κ3) is 5.06. The Labute approximate surface area is 125 Å². The summed E-state index contributed by atoms with van der Waals surface area (Å²) < 4.78 is 5.63. The molecular formula is C17H22N2O2. The monoisotopic (exact) mass is 286 g/mol. The summed E-state index contributed by atoms with van der Waals surface area (Å²) in [6.07, 6.45) is 9.50. The minimum absolute atomic E-state index is 0.238. The second-order valence-corrected chi connectivity index (χ2v) is 5.05. The molecule has 0 aliphatic rings. The van der Waals surface area contributed by atoms with Gasteiger partial charge in [-0.15, -0.1) is 0 Å². The molecule has 1 aromatic heterocycles. The topological polar surface area (TPSA) is 55.2 Å². The lowest BCUT2D eigenvalue weighted by Crippen LogP contribution is -1.99. The molecule has 21 heavy (non-hydrogen) atoms. The molecule has 0 saturated carbocycles. The van der Waals surface area contributed by atoms with E-state index in [-0.39, 0.29) is 5.75 Å². The highest BCUT2D eigenvalue weighted by atomic mass is 16.5. The van der Waals surface area contributed by atoms with Crippen LogP contribution in [-0.4, -0.2) is 21.7 Å². The third-order valence-corrected chi connectivity index (χ3v) is 3.27. The normalized spacial score (nSPS) is 10.5. The maximum atomic E-state index is 9.26. The second kappa shape index (κ2) is 8.25. The Morgan fingerprint density at radius 1 is 0.952 bits per heavy atom. The van der Waals surface area contributed by atoms with E-state index >= 15 is 0 Å². The average molecular weight is 286 g/mol. The van der Waals surface area contributed by atoms with Crippen molar-refractivity contribution in [1.29, 1.82) is 0 Å². The number of aromatic hydroxyl groups is 1. The van der Waals surface area contributed by atoms with E-state index in [1.54, 1.807) is 36.7 Å². The fourth-order valence-corrected chi connectivity index (χ4v) is 2.05. The first kappa shape index (κ1) is 15.3. The molecule has 2 aromatic rings. The van der Waals surface area contributed by atoms with Crippen molar-refractivity contribution in [2.75, 3.05) is 6.61 Å². The third-order valence-electron chi connectivity index (χ3n) is 3.27. The molecule has 0 amide bonds. The summed E-state index contributed by atoms with van der Waals surface area (Å²) in [6.45, 7) is 2.93. The van der Waals surface area contributed by atoms with Gasteiger partial charge in [0, 0.05) is 5.56 Å². The van der Waals surface area contributed by atoms with E-state index in [2.05, 4.69) is 16.9 Å². The molecule has 0 aliphatic carbocycles. The first-order valence-corrected chi connectivity index (χ1v) is 7.54. The molecule has 0 radical (unpaired) electrons. The summed E-state index contributed by atoms with van der Waals surface area (Å²) >= 11 is 0.